The van der Waals surface area contributed by atoms with Gasteiger partial charge in [0.2, 0.25) is 0 Å². The Hall–Kier alpha value is -7.62. The minimum Gasteiger partial charge on any atom is -0.455 e. The van der Waals surface area contributed by atoms with Crippen molar-refractivity contribution in [2.45, 2.75) is 24.7 Å². The first-order chi connectivity index (χ1) is 30.0. The molecule has 0 fully saturated rings. The van der Waals surface area contributed by atoms with Crippen LogP contribution in [-0.4, -0.2) is 4.57 Å². The molecule has 11 aromatic rings. The highest BCUT2D eigenvalue weighted by Crippen LogP contribution is 2.62. The highest BCUT2D eigenvalue weighted by atomic mass is 16.3. The van der Waals surface area contributed by atoms with E-state index >= 15 is 0 Å². The first-order valence-corrected chi connectivity index (χ1v) is 21.4. The highest BCUT2D eigenvalue weighted by molar-refractivity contribution is 6.26. The quantitative estimate of drug-likeness (QED) is 0.174. The second-order valence-electron chi connectivity index (χ2n) is 17.6. The summed E-state index contributed by atoms with van der Waals surface area (Å²) in [5.41, 5.74) is 21.3. The minimum atomic E-state index is -0.553. The molecule has 0 saturated heterocycles. The second kappa shape index (κ2) is 11.6. The van der Waals surface area contributed by atoms with Crippen LogP contribution in [0.15, 0.2) is 199 Å². The van der Waals surface area contributed by atoms with E-state index in [9.17, 15) is 0 Å². The van der Waals surface area contributed by atoms with Crippen molar-refractivity contribution in [3.8, 4) is 27.9 Å². The van der Waals surface area contributed by atoms with Crippen molar-refractivity contribution in [2.75, 3.05) is 4.90 Å². The number of benzene rings is 9. The van der Waals surface area contributed by atoms with Gasteiger partial charge in [-0.25, -0.2) is 0 Å². The topological polar surface area (TPSA) is 21.3 Å². The number of fused-ring (bicyclic) bond motifs is 18. The summed E-state index contributed by atoms with van der Waals surface area (Å²) in [6.45, 7) is 4.68. The van der Waals surface area contributed by atoms with E-state index in [0.717, 1.165) is 27.6 Å². The van der Waals surface area contributed by atoms with Gasteiger partial charge in [0.25, 0.3) is 0 Å². The molecule has 3 heteroatoms. The molecule has 4 heterocycles. The van der Waals surface area contributed by atoms with E-state index in [1.807, 2.05) is 0 Å². The van der Waals surface area contributed by atoms with Gasteiger partial charge in [0.1, 0.15) is 11.2 Å². The fourth-order valence-corrected chi connectivity index (χ4v) is 11.8. The summed E-state index contributed by atoms with van der Waals surface area (Å²) in [5.74, 6) is 0. The predicted molar refractivity (Wildman–Crippen MR) is 251 cm³/mol. The summed E-state index contributed by atoms with van der Waals surface area (Å²) in [5, 5.41) is 4.69. The van der Waals surface area contributed by atoms with Crippen LogP contribution < -0.4 is 4.90 Å². The number of aromatic nitrogens is 1. The fraction of sp³-hybridized carbons (Fsp3) is 0.0690. The van der Waals surface area contributed by atoms with Gasteiger partial charge in [-0.3, -0.25) is 0 Å². The molecule has 0 bridgehead atoms. The zero-order chi connectivity index (χ0) is 40.2. The Morgan fingerprint density at radius 3 is 1.79 bits per heavy atom. The molecule has 3 nitrogen and oxygen atoms in total. The van der Waals surface area contributed by atoms with Crippen LogP contribution in [0.5, 0.6) is 0 Å². The van der Waals surface area contributed by atoms with Crippen LogP contribution in [0.25, 0.3) is 71.7 Å². The molecule has 1 aliphatic carbocycles. The van der Waals surface area contributed by atoms with Crippen LogP contribution in [0.1, 0.15) is 47.2 Å². The van der Waals surface area contributed by atoms with Gasteiger partial charge in [-0.2, -0.15) is 0 Å². The van der Waals surface area contributed by atoms with Crippen LogP contribution in [0.2, 0.25) is 0 Å². The molecule has 1 unspecified atom stereocenters. The number of hydrogen-bond acceptors (Lipinski definition) is 2. The zero-order valence-corrected chi connectivity index (χ0v) is 33.8. The highest BCUT2D eigenvalue weighted by Gasteiger charge is 2.51. The lowest BCUT2D eigenvalue weighted by atomic mass is 9.65. The van der Waals surface area contributed by atoms with Gasteiger partial charge in [0.15, 0.2) is 0 Å². The first-order valence-electron chi connectivity index (χ1n) is 21.4. The lowest BCUT2D eigenvalue weighted by Gasteiger charge is -2.42. The van der Waals surface area contributed by atoms with Gasteiger partial charge in [0, 0.05) is 27.3 Å². The second-order valence-corrected chi connectivity index (χ2v) is 17.6. The molecule has 2 aromatic heterocycles. The molecule has 286 valence electrons. The van der Waals surface area contributed by atoms with Crippen molar-refractivity contribution >= 4 is 60.8 Å². The van der Waals surface area contributed by atoms with E-state index in [0.29, 0.717) is 0 Å². The molecule has 14 rings (SSSR count). The van der Waals surface area contributed by atoms with E-state index in [1.165, 1.54) is 94.5 Å². The number of nitrogens with zero attached hydrogens (tertiary/aromatic N) is 2. The smallest absolute Gasteiger partial charge is 0.145 e. The Kier molecular flexibility index (Phi) is 6.30. The predicted octanol–water partition coefficient (Wildman–Crippen LogP) is 15.1. The molecule has 0 amide bonds. The molecule has 1 atom stereocenters. The van der Waals surface area contributed by atoms with Crippen LogP contribution in [0.3, 0.4) is 0 Å². The standard InChI is InChI=1S/C58H38N2O/c1-57(2)45-19-7-11-23-50(45)59(51-24-12-8-20-46(51)57)37-30-27-35(28-31-37)36-29-32-44-41(33-36)38-15-3-6-18-43(38)58(44)47-21-9-13-25-52(47)60-49-22-10-4-17-40(49)54-55(60)48(58)34-42-39-16-5-14-26-53(39)61-56(42)54/h3-34H,1-2H3. The number of hydrogen-bond donors (Lipinski definition) is 0. The number of para-hydroxylation sites is 5. The Balaban J connectivity index is 0.998. The van der Waals surface area contributed by atoms with Gasteiger partial charge in [0.05, 0.1) is 38.9 Å². The maximum absolute atomic E-state index is 6.83. The summed E-state index contributed by atoms with van der Waals surface area (Å²) in [4.78, 5) is 2.43. The maximum Gasteiger partial charge on any atom is 0.145 e. The van der Waals surface area contributed by atoms with E-state index in [4.69, 9.17) is 4.42 Å². The monoisotopic (exact) mass is 778 g/mol. The average Bonchev–Trinajstić information content (AvgIpc) is 3.96. The average molecular weight is 779 g/mol. The van der Waals surface area contributed by atoms with Crippen molar-refractivity contribution in [2.24, 2.45) is 0 Å². The van der Waals surface area contributed by atoms with Crippen molar-refractivity contribution in [1.29, 1.82) is 0 Å². The molecule has 3 aliphatic rings. The van der Waals surface area contributed by atoms with E-state index in [1.54, 1.807) is 0 Å². The number of furan rings is 1. The van der Waals surface area contributed by atoms with Crippen molar-refractivity contribution in [3.63, 3.8) is 0 Å². The molecule has 9 aromatic carbocycles. The largest absolute Gasteiger partial charge is 0.455 e. The first kappa shape index (κ1) is 33.2. The molecule has 61 heavy (non-hydrogen) atoms. The molecule has 0 N–H and O–H groups in total. The maximum atomic E-state index is 6.83. The number of anilines is 3. The van der Waals surface area contributed by atoms with E-state index in [-0.39, 0.29) is 5.41 Å². The van der Waals surface area contributed by atoms with Crippen LogP contribution in [0, 0.1) is 0 Å². The Morgan fingerprint density at radius 1 is 0.426 bits per heavy atom. The van der Waals surface area contributed by atoms with Crippen LogP contribution >= 0.6 is 0 Å². The third kappa shape index (κ3) is 4.04. The van der Waals surface area contributed by atoms with E-state index < -0.39 is 5.41 Å². The molecule has 2 aliphatic heterocycles. The van der Waals surface area contributed by atoms with Gasteiger partial charge in [-0.05, 0) is 110 Å². The van der Waals surface area contributed by atoms with Gasteiger partial charge < -0.3 is 13.9 Å². The van der Waals surface area contributed by atoms with Gasteiger partial charge in [-0.1, -0.05) is 153 Å². The molecular formula is C58H38N2O. The lowest BCUT2D eigenvalue weighted by molar-refractivity contribution is 0.632. The molecule has 0 radical (unpaired) electrons. The van der Waals surface area contributed by atoms with Gasteiger partial charge >= 0.3 is 0 Å². The minimum absolute atomic E-state index is 0.0963. The SMILES string of the molecule is CC1(C)c2ccccc2N(c2ccc(-c3ccc4c(c3)-c3ccccc3C43c4ccccc4-n4c5ccccc5c5c6oc7ccccc7c6cc3c54)cc2)c2ccccc21. The summed E-state index contributed by atoms with van der Waals surface area (Å²) in [6, 6.07) is 72.2. The third-order valence-corrected chi connectivity index (χ3v) is 14.4. The van der Waals surface area contributed by atoms with E-state index in [2.05, 4.69) is 217 Å². The lowest BCUT2D eigenvalue weighted by Crippen LogP contribution is -2.33. The molecule has 0 saturated carbocycles. The number of rotatable bonds is 2. The Morgan fingerprint density at radius 2 is 1.02 bits per heavy atom. The molecular weight excluding hydrogens is 741 g/mol. The normalized spacial score (nSPS) is 16.5. The van der Waals surface area contributed by atoms with Crippen LogP contribution in [-0.2, 0) is 10.8 Å². The Bertz CT molecular complexity index is 3640. The Labute approximate surface area is 353 Å². The zero-order valence-electron chi connectivity index (χ0n) is 33.8. The van der Waals surface area contributed by atoms with Crippen molar-refractivity contribution in [3.05, 3.63) is 228 Å². The van der Waals surface area contributed by atoms with Crippen LogP contribution in [0.4, 0.5) is 17.1 Å². The summed E-state index contributed by atoms with van der Waals surface area (Å²) >= 11 is 0. The van der Waals surface area contributed by atoms with Crippen molar-refractivity contribution < 1.29 is 4.42 Å². The van der Waals surface area contributed by atoms with Gasteiger partial charge in [-0.15, -0.1) is 0 Å². The van der Waals surface area contributed by atoms with Crippen molar-refractivity contribution in [1.82, 2.24) is 4.57 Å². The fourth-order valence-electron chi connectivity index (χ4n) is 11.8. The summed E-state index contributed by atoms with van der Waals surface area (Å²) in [7, 11) is 0. The summed E-state index contributed by atoms with van der Waals surface area (Å²) in [6.07, 6.45) is 0. The summed E-state index contributed by atoms with van der Waals surface area (Å²) < 4.78 is 9.33. The third-order valence-electron chi connectivity index (χ3n) is 14.4. The molecule has 1 spiro atoms.